The summed E-state index contributed by atoms with van der Waals surface area (Å²) in [5, 5.41) is 3.36. The first-order valence-electron chi connectivity index (χ1n) is 9.17. The minimum atomic E-state index is 0.337. The molecule has 0 fully saturated rings. The standard InChI is InChI=1S/C16H34N4O7/c17-1-3-21-5-7-23-9-11-25-13-15-27-16-14-26-12-10-24-8-6-22-4-2-19-20-18/h1-17H2. The Hall–Kier alpha value is -1.01. The lowest BCUT2D eigenvalue weighted by molar-refractivity contribution is -0.0200. The van der Waals surface area contributed by atoms with Crippen LogP contribution in [0.4, 0.5) is 0 Å². The van der Waals surface area contributed by atoms with Crippen LogP contribution in [0.15, 0.2) is 5.11 Å². The molecule has 0 rings (SSSR count). The molecule has 0 spiro atoms. The molecule has 0 radical (unpaired) electrons. The van der Waals surface area contributed by atoms with Crippen LogP contribution in [0, 0.1) is 0 Å². The summed E-state index contributed by atoms with van der Waals surface area (Å²) in [6.07, 6.45) is 0. The molecule has 0 aliphatic carbocycles. The minimum absolute atomic E-state index is 0.337. The first-order chi connectivity index (χ1) is 13.4. The second-order valence-electron chi connectivity index (χ2n) is 5.03. The van der Waals surface area contributed by atoms with Crippen LogP contribution in [0.5, 0.6) is 0 Å². The van der Waals surface area contributed by atoms with Gasteiger partial charge in [-0.3, -0.25) is 0 Å². The molecular weight excluding hydrogens is 360 g/mol. The maximum atomic E-state index is 8.08. The Labute approximate surface area is 160 Å². The number of hydrogen-bond donors (Lipinski definition) is 1. The molecule has 0 aromatic heterocycles. The summed E-state index contributed by atoms with van der Waals surface area (Å²) in [7, 11) is 0. The molecule has 0 aliphatic heterocycles. The molecule has 11 heteroatoms. The van der Waals surface area contributed by atoms with Gasteiger partial charge in [0.15, 0.2) is 0 Å². The van der Waals surface area contributed by atoms with Gasteiger partial charge in [-0.25, -0.2) is 0 Å². The van der Waals surface area contributed by atoms with Crippen LogP contribution in [0.1, 0.15) is 0 Å². The Bertz CT molecular complexity index is 334. The molecule has 0 atom stereocenters. The predicted octanol–water partition coefficient (Wildman–Crippen LogP) is 0.372. The number of azide groups is 1. The van der Waals surface area contributed by atoms with E-state index in [4.69, 9.17) is 44.4 Å². The Kier molecular flexibility index (Phi) is 24.1. The molecular formula is C16H34N4O7. The number of nitrogens with two attached hydrogens (primary N) is 1. The molecule has 0 aromatic carbocycles. The van der Waals surface area contributed by atoms with Crippen LogP contribution >= 0.6 is 0 Å². The maximum Gasteiger partial charge on any atom is 0.0701 e. The van der Waals surface area contributed by atoms with E-state index in [0.717, 1.165) is 0 Å². The third kappa shape index (κ3) is 25.0. The van der Waals surface area contributed by atoms with Gasteiger partial charge in [-0.15, -0.1) is 0 Å². The summed E-state index contributed by atoms with van der Waals surface area (Å²) in [4.78, 5) is 2.63. The summed E-state index contributed by atoms with van der Waals surface area (Å²) in [6.45, 7) is 8.03. The van der Waals surface area contributed by atoms with Crippen molar-refractivity contribution in [3.8, 4) is 0 Å². The molecule has 0 aromatic rings. The molecule has 2 N–H and O–H groups in total. The topological polar surface area (TPSA) is 139 Å². The molecule has 0 saturated heterocycles. The van der Waals surface area contributed by atoms with Gasteiger partial charge in [-0.05, 0) is 5.53 Å². The minimum Gasteiger partial charge on any atom is -0.379 e. The number of hydrogen-bond acceptors (Lipinski definition) is 9. The third-order valence-corrected chi connectivity index (χ3v) is 2.89. The van der Waals surface area contributed by atoms with Crippen molar-refractivity contribution in [3.05, 3.63) is 10.4 Å². The molecule has 11 nitrogen and oxygen atoms in total. The summed E-state index contributed by atoms with van der Waals surface area (Å²) in [5.74, 6) is 0. The highest BCUT2D eigenvalue weighted by Gasteiger charge is 1.94. The van der Waals surface area contributed by atoms with Crippen LogP contribution in [-0.2, 0) is 33.2 Å². The first-order valence-corrected chi connectivity index (χ1v) is 9.17. The predicted molar refractivity (Wildman–Crippen MR) is 98.8 cm³/mol. The van der Waals surface area contributed by atoms with E-state index in [1.165, 1.54) is 0 Å². The quantitative estimate of drug-likeness (QED) is 0.113. The molecule has 160 valence electrons. The van der Waals surface area contributed by atoms with Gasteiger partial charge in [-0.2, -0.15) is 0 Å². The van der Waals surface area contributed by atoms with E-state index in [1.807, 2.05) is 0 Å². The Balaban J connectivity index is 2.98. The zero-order chi connectivity index (χ0) is 19.7. The number of ether oxygens (including phenoxy) is 7. The molecule has 0 aliphatic rings. The SMILES string of the molecule is [N-]=[N+]=NCCOCCOCCOCCOCCOCCOCCOCCN. The summed E-state index contributed by atoms with van der Waals surface area (Å²) in [5.41, 5.74) is 13.4. The smallest absolute Gasteiger partial charge is 0.0701 e. The van der Waals surface area contributed by atoms with Crippen molar-refractivity contribution >= 4 is 0 Å². The zero-order valence-electron chi connectivity index (χ0n) is 16.1. The lowest BCUT2D eigenvalue weighted by Crippen LogP contribution is -2.15. The molecule has 0 amide bonds. The van der Waals surface area contributed by atoms with E-state index in [9.17, 15) is 0 Å². The largest absolute Gasteiger partial charge is 0.379 e. The van der Waals surface area contributed by atoms with Crippen LogP contribution < -0.4 is 5.73 Å². The summed E-state index contributed by atoms with van der Waals surface area (Å²) >= 11 is 0. The highest BCUT2D eigenvalue weighted by Crippen LogP contribution is 1.85. The van der Waals surface area contributed by atoms with Crippen LogP contribution in [-0.4, -0.2) is 106 Å². The van der Waals surface area contributed by atoms with Crippen molar-refractivity contribution in [1.29, 1.82) is 0 Å². The maximum absolute atomic E-state index is 8.08. The van der Waals surface area contributed by atoms with Crippen LogP contribution in [0.3, 0.4) is 0 Å². The fraction of sp³-hybridized carbons (Fsp3) is 1.00. The molecule has 0 bridgehead atoms. The van der Waals surface area contributed by atoms with Crippen molar-refractivity contribution in [2.75, 3.05) is 106 Å². The molecule has 0 saturated carbocycles. The van der Waals surface area contributed by atoms with Gasteiger partial charge < -0.3 is 38.9 Å². The average molecular weight is 394 g/mol. The Morgan fingerprint density at radius 1 is 0.519 bits per heavy atom. The highest BCUT2D eigenvalue weighted by molar-refractivity contribution is 4.44. The van der Waals surface area contributed by atoms with Gasteiger partial charge in [0.25, 0.3) is 0 Å². The Morgan fingerprint density at radius 2 is 0.815 bits per heavy atom. The van der Waals surface area contributed by atoms with Crippen molar-refractivity contribution in [2.24, 2.45) is 10.8 Å². The Morgan fingerprint density at radius 3 is 1.11 bits per heavy atom. The van der Waals surface area contributed by atoms with E-state index < -0.39 is 0 Å². The second-order valence-corrected chi connectivity index (χ2v) is 5.03. The monoisotopic (exact) mass is 394 g/mol. The van der Waals surface area contributed by atoms with Gasteiger partial charge in [-0.1, -0.05) is 5.11 Å². The van der Waals surface area contributed by atoms with E-state index in [-0.39, 0.29) is 0 Å². The lowest BCUT2D eigenvalue weighted by Gasteiger charge is -2.08. The fourth-order valence-corrected chi connectivity index (χ4v) is 1.65. The van der Waals surface area contributed by atoms with Crippen molar-refractivity contribution in [1.82, 2.24) is 0 Å². The summed E-state index contributed by atoms with van der Waals surface area (Å²) in [6, 6.07) is 0. The van der Waals surface area contributed by atoms with Gasteiger partial charge >= 0.3 is 0 Å². The first kappa shape index (κ1) is 26.0. The average Bonchev–Trinajstić information content (AvgIpc) is 2.68. The second kappa shape index (κ2) is 25.0. The third-order valence-electron chi connectivity index (χ3n) is 2.89. The molecule has 27 heavy (non-hydrogen) atoms. The van der Waals surface area contributed by atoms with E-state index >= 15 is 0 Å². The van der Waals surface area contributed by atoms with Crippen LogP contribution in [0.25, 0.3) is 10.4 Å². The normalized spacial score (nSPS) is 10.9. The van der Waals surface area contributed by atoms with Gasteiger partial charge in [0, 0.05) is 18.0 Å². The van der Waals surface area contributed by atoms with Crippen molar-refractivity contribution < 1.29 is 33.2 Å². The summed E-state index contributed by atoms with van der Waals surface area (Å²) < 4.78 is 37.1. The van der Waals surface area contributed by atoms with Crippen molar-refractivity contribution in [3.63, 3.8) is 0 Å². The lowest BCUT2D eigenvalue weighted by atomic mass is 10.6. The zero-order valence-corrected chi connectivity index (χ0v) is 16.1. The number of nitrogens with zero attached hydrogens (tertiary/aromatic N) is 3. The molecule has 0 heterocycles. The fourth-order valence-electron chi connectivity index (χ4n) is 1.65. The number of rotatable bonds is 23. The van der Waals surface area contributed by atoms with E-state index in [0.29, 0.717) is 106 Å². The molecule has 0 unspecified atom stereocenters. The van der Waals surface area contributed by atoms with Gasteiger partial charge in [0.2, 0.25) is 0 Å². The van der Waals surface area contributed by atoms with E-state index in [2.05, 4.69) is 10.0 Å². The highest BCUT2D eigenvalue weighted by atomic mass is 16.6. The van der Waals surface area contributed by atoms with Gasteiger partial charge in [0.1, 0.15) is 0 Å². The van der Waals surface area contributed by atoms with Crippen LogP contribution in [0.2, 0.25) is 0 Å². The van der Waals surface area contributed by atoms with Gasteiger partial charge in [0.05, 0.1) is 92.5 Å². The van der Waals surface area contributed by atoms with Crippen molar-refractivity contribution in [2.45, 2.75) is 0 Å². The van der Waals surface area contributed by atoms with E-state index in [1.54, 1.807) is 0 Å².